The number of esters is 2. The fraction of sp³-hybridized carbons (Fsp3) is 0.216. The average Bonchev–Trinajstić information content (AvgIpc) is 3.05. The summed E-state index contributed by atoms with van der Waals surface area (Å²) < 4.78 is 16.3. The third-order valence-corrected chi connectivity index (χ3v) is 8.30. The van der Waals surface area contributed by atoms with Crippen LogP contribution < -0.4 is 10.3 Å². The molecule has 228 valence electrons. The lowest BCUT2D eigenvalue weighted by Crippen LogP contribution is -2.27. The first-order valence-corrected chi connectivity index (χ1v) is 15.4. The number of aromatic nitrogens is 1. The SMILES string of the molecule is CCOC(=O)Cc1cccc(-c2cc3cc(-c4ccc(-c5ccccc5OC(=O)C5CCOCC5)cc4)c(Cl)cc3[nH]c2=O)c1. The van der Waals surface area contributed by atoms with E-state index in [1.54, 1.807) is 13.0 Å². The lowest BCUT2D eigenvalue weighted by atomic mass is 9.97. The normalized spacial score (nSPS) is 13.5. The number of carbonyl (C=O) groups excluding carboxylic acids is 2. The zero-order valence-corrected chi connectivity index (χ0v) is 25.6. The van der Waals surface area contributed by atoms with E-state index in [4.69, 9.17) is 25.8 Å². The summed E-state index contributed by atoms with van der Waals surface area (Å²) in [4.78, 5) is 40.8. The number of hydrogen-bond acceptors (Lipinski definition) is 6. The van der Waals surface area contributed by atoms with Crippen molar-refractivity contribution in [1.82, 2.24) is 4.98 Å². The summed E-state index contributed by atoms with van der Waals surface area (Å²) >= 11 is 6.72. The highest BCUT2D eigenvalue weighted by Crippen LogP contribution is 2.36. The number of hydrogen-bond donors (Lipinski definition) is 1. The van der Waals surface area contributed by atoms with Crippen molar-refractivity contribution in [2.45, 2.75) is 26.2 Å². The van der Waals surface area contributed by atoms with E-state index >= 15 is 0 Å². The highest BCUT2D eigenvalue weighted by Gasteiger charge is 2.24. The van der Waals surface area contributed by atoms with E-state index in [1.165, 1.54) is 0 Å². The molecule has 1 saturated heterocycles. The van der Waals surface area contributed by atoms with Crippen LogP contribution in [0.15, 0.2) is 95.8 Å². The molecule has 0 spiro atoms. The molecular weight excluding hydrogens is 590 g/mol. The van der Waals surface area contributed by atoms with Crippen LogP contribution in [0.2, 0.25) is 5.02 Å². The molecule has 0 saturated carbocycles. The van der Waals surface area contributed by atoms with Gasteiger partial charge in [0.25, 0.3) is 5.56 Å². The van der Waals surface area contributed by atoms with Gasteiger partial charge in [0, 0.05) is 35.4 Å². The third kappa shape index (κ3) is 6.85. The van der Waals surface area contributed by atoms with Crippen LogP contribution in [-0.4, -0.2) is 36.7 Å². The Kier molecular flexibility index (Phi) is 9.10. The first-order valence-electron chi connectivity index (χ1n) is 15.0. The maximum Gasteiger partial charge on any atom is 0.314 e. The molecule has 0 radical (unpaired) electrons. The monoisotopic (exact) mass is 621 g/mol. The minimum Gasteiger partial charge on any atom is -0.466 e. The highest BCUT2D eigenvalue weighted by atomic mass is 35.5. The van der Waals surface area contributed by atoms with Gasteiger partial charge in [-0.3, -0.25) is 14.4 Å². The summed E-state index contributed by atoms with van der Waals surface area (Å²) in [6, 6.07) is 28.3. The number of rotatable bonds is 8. The molecule has 0 unspecified atom stereocenters. The van der Waals surface area contributed by atoms with Crippen molar-refractivity contribution in [3.05, 3.63) is 112 Å². The summed E-state index contributed by atoms with van der Waals surface area (Å²) in [5.41, 5.74) is 5.76. The first-order chi connectivity index (χ1) is 21.9. The third-order valence-electron chi connectivity index (χ3n) is 7.98. The van der Waals surface area contributed by atoms with E-state index in [9.17, 15) is 14.4 Å². The molecule has 1 aliphatic heterocycles. The van der Waals surface area contributed by atoms with Gasteiger partial charge in [0.1, 0.15) is 5.75 Å². The molecule has 8 heteroatoms. The topological polar surface area (TPSA) is 94.7 Å². The van der Waals surface area contributed by atoms with E-state index < -0.39 is 0 Å². The van der Waals surface area contributed by atoms with Crippen LogP contribution in [0, 0.1) is 5.92 Å². The second-order valence-corrected chi connectivity index (χ2v) is 11.4. The van der Waals surface area contributed by atoms with Crippen LogP contribution in [0.5, 0.6) is 5.75 Å². The largest absolute Gasteiger partial charge is 0.466 e. The molecule has 1 N–H and O–H groups in total. The lowest BCUT2D eigenvalue weighted by molar-refractivity contribution is -0.143. The molecule has 4 aromatic carbocycles. The number of para-hydroxylation sites is 1. The van der Waals surface area contributed by atoms with Gasteiger partial charge in [-0.1, -0.05) is 78.3 Å². The quantitative estimate of drug-likeness (QED) is 0.141. The first kappa shape index (κ1) is 30.3. The number of fused-ring (bicyclic) bond motifs is 1. The molecule has 0 atom stereocenters. The van der Waals surface area contributed by atoms with Gasteiger partial charge in [-0.25, -0.2) is 0 Å². The summed E-state index contributed by atoms with van der Waals surface area (Å²) in [6.45, 7) is 3.23. The average molecular weight is 622 g/mol. The Morgan fingerprint density at radius 1 is 0.844 bits per heavy atom. The van der Waals surface area contributed by atoms with Gasteiger partial charge in [-0.15, -0.1) is 0 Å². The van der Waals surface area contributed by atoms with Gasteiger partial charge in [0.15, 0.2) is 0 Å². The number of ether oxygens (including phenoxy) is 3. The molecule has 1 fully saturated rings. The Bertz CT molecular complexity index is 1920. The van der Waals surface area contributed by atoms with Crippen molar-refractivity contribution in [3.8, 4) is 39.1 Å². The Morgan fingerprint density at radius 2 is 1.56 bits per heavy atom. The van der Waals surface area contributed by atoms with Gasteiger partial charge in [0.2, 0.25) is 0 Å². The zero-order chi connectivity index (χ0) is 31.3. The van der Waals surface area contributed by atoms with Crippen molar-refractivity contribution in [2.75, 3.05) is 19.8 Å². The molecule has 2 heterocycles. The maximum atomic E-state index is 13.1. The Morgan fingerprint density at radius 3 is 2.31 bits per heavy atom. The van der Waals surface area contributed by atoms with Gasteiger partial charge in [-0.05, 0) is 71.7 Å². The molecular formula is C37H32ClNO6. The Balaban J connectivity index is 1.28. The maximum absolute atomic E-state index is 13.1. The van der Waals surface area contributed by atoms with E-state index in [0.29, 0.717) is 60.1 Å². The van der Waals surface area contributed by atoms with Crippen LogP contribution in [0.25, 0.3) is 44.3 Å². The van der Waals surface area contributed by atoms with Crippen LogP contribution in [0.1, 0.15) is 25.3 Å². The number of halogens is 1. The highest BCUT2D eigenvalue weighted by molar-refractivity contribution is 6.34. The number of benzene rings is 4. The Labute approximate surface area is 265 Å². The van der Waals surface area contributed by atoms with Crippen molar-refractivity contribution < 1.29 is 23.8 Å². The van der Waals surface area contributed by atoms with E-state index in [1.807, 2.05) is 84.9 Å². The number of nitrogens with one attached hydrogen (secondary N) is 1. The molecule has 0 aliphatic carbocycles. The van der Waals surface area contributed by atoms with E-state index in [0.717, 1.165) is 33.2 Å². The summed E-state index contributed by atoms with van der Waals surface area (Å²) in [5, 5.41) is 1.31. The van der Waals surface area contributed by atoms with Crippen LogP contribution in [0.3, 0.4) is 0 Å². The minimum atomic E-state index is -0.313. The van der Waals surface area contributed by atoms with E-state index in [2.05, 4.69) is 4.98 Å². The van der Waals surface area contributed by atoms with Crippen molar-refractivity contribution in [1.29, 1.82) is 0 Å². The van der Waals surface area contributed by atoms with Gasteiger partial charge in [0.05, 0.1) is 24.0 Å². The molecule has 7 nitrogen and oxygen atoms in total. The van der Waals surface area contributed by atoms with E-state index in [-0.39, 0.29) is 29.8 Å². The molecule has 1 aliphatic rings. The van der Waals surface area contributed by atoms with Crippen LogP contribution in [0.4, 0.5) is 0 Å². The molecule has 0 bridgehead atoms. The summed E-state index contributed by atoms with van der Waals surface area (Å²) in [7, 11) is 0. The van der Waals surface area contributed by atoms with Crippen molar-refractivity contribution in [3.63, 3.8) is 0 Å². The van der Waals surface area contributed by atoms with Crippen molar-refractivity contribution in [2.24, 2.45) is 5.92 Å². The lowest BCUT2D eigenvalue weighted by Gasteiger charge is -2.21. The second-order valence-electron chi connectivity index (χ2n) is 11.0. The van der Waals surface area contributed by atoms with Gasteiger partial charge >= 0.3 is 11.9 Å². The minimum absolute atomic E-state index is 0.131. The standard InChI is InChI=1S/C37H32ClNO6/c1-2-44-35(40)19-23-6-5-7-27(18-23)31-21-28-20-30(32(38)22-33(28)39-36(31)41)25-12-10-24(11-13-25)29-8-3-4-9-34(29)45-37(42)26-14-16-43-17-15-26/h3-13,18,20-22,26H,2,14-17,19H2,1H3,(H,39,41). The predicted octanol–water partition coefficient (Wildman–Crippen LogP) is 7.62. The molecule has 0 amide bonds. The number of aromatic amines is 1. The Hall–Kier alpha value is -4.72. The zero-order valence-electron chi connectivity index (χ0n) is 24.8. The number of pyridine rings is 1. The smallest absolute Gasteiger partial charge is 0.314 e. The molecule has 1 aromatic heterocycles. The number of H-pyrrole nitrogens is 1. The van der Waals surface area contributed by atoms with Gasteiger partial charge in [-0.2, -0.15) is 0 Å². The molecule has 6 rings (SSSR count). The second kappa shape index (κ2) is 13.5. The van der Waals surface area contributed by atoms with Crippen LogP contribution >= 0.6 is 11.6 Å². The summed E-state index contributed by atoms with van der Waals surface area (Å²) in [6.07, 6.45) is 1.46. The molecule has 45 heavy (non-hydrogen) atoms. The number of carbonyl (C=O) groups is 2. The fourth-order valence-electron chi connectivity index (χ4n) is 5.64. The van der Waals surface area contributed by atoms with Gasteiger partial charge < -0.3 is 19.2 Å². The fourth-order valence-corrected chi connectivity index (χ4v) is 5.91. The molecule has 5 aromatic rings. The van der Waals surface area contributed by atoms with Crippen molar-refractivity contribution >= 4 is 34.4 Å². The summed E-state index contributed by atoms with van der Waals surface area (Å²) in [5.74, 6) is -0.179. The predicted molar refractivity (Wildman–Crippen MR) is 175 cm³/mol. The van der Waals surface area contributed by atoms with Crippen LogP contribution in [-0.2, 0) is 25.5 Å².